The number of aromatic amines is 2. The summed E-state index contributed by atoms with van der Waals surface area (Å²) in [5.41, 5.74) is 6.74. The maximum atomic E-state index is 13.1. The van der Waals surface area contributed by atoms with E-state index in [1.807, 2.05) is 52.3 Å². The number of benzene rings is 1. The van der Waals surface area contributed by atoms with Crippen LogP contribution in [0.2, 0.25) is 0 Å². The average Bonchev–Trinajstić information content (AvgIpc) is 3.79. The van der Waals surface area contributed by atoms with Gasteiger partial charge in [0.05, 0.1) is 17.6 Å². The van der Waals surface area contributed by atoms with Crippen LogP contribution in [0, 0.1) is 0 Å². The van der Waals surface area contributed by atoms with Gasteiger partial charge in [-0.1, -0.05) is 36.4 Å². The van der Waals surface area contributed by atoms with Crippen molar-refractivity contribution in [3.8, 4) is 22.4 Å². The first-order chi connectivity index (χ1) is 19.2. The summed E-state index contributed by atoms with van der Waals surface area (Å²) in [7, 11) is 0. The van der Waals surface area contributed by atoms with Gasteiger partial charge in [0.25, 0.3) is 5.91 Å². The largest absolute Gasteiger partial charge is 0.346 e. The van der Waals surface area contributed by atoms with E-state index >= 15 is 0 Å². The molecule has 2 bridgehead atoms. The van der Waals surface area contributed by atoms with Crippen LogP contribution in [0.4, 0.5) is 0 Å². The Labute approximate surface area is 223 Å². The highest BCUT2D eigenvalue weighted by atomic mass is 16.2. The molecular formula is C29H25N9O. The minimum absolute atomic E-state index is 0.0572. The normalized spacial score (nSPS) is 20.7. The van der Waals surface area contributed by atoms with Crippen molar-refractivity contribution in [2.45, 2.75) is 43.7 Å². The predicted octanol–water partition coefficient (Wildman–Crippen LogP) is 4.61. The number of carbonyl (C=O) groups is 1. The standard InChI is InChI=1S/C29H25N9O/c39-29(26-32-16-33-36-26)37-20-7-8-21(37)13-19(12-20)25-22-10-11-30-27(22)38-28(35-25)23(15-34-38)18-6-9-24(31-14-18)17-4-2-1-3-5-17/h1-6,9-11,14-16,19-21,30H,7-8,12-13H2,(H,32,33,36)/t19?,20-,21+. The lowest BCUT2D eigenvalue weighted by Gasteiger charge is -2.38. The van der Waals surface area contributed by atoms with Gasteiger partial charge >= 0.3 is 0 Å². The van der Waals surface area contributed by atoms with Gasteiger partial charge in [-0.05, 0) is 37.8 Å². The van der Waals surface area contributed by atoms with Gasteiger partial charge < -0.3 is 9.88 Å². The molecule has 2 aliphatic rings. The van der Waals surface area contributed by atoms with E-state index in [9.17, 15) is 4.79 Å². The first-order valence-corrected chi connectivity index (χ1v) is 13.3. The second-order valence-electron chi connectivity index (χ2n) is 10.4. The molecule has 0 aliphatic carbocycles. The van der Waals surface area contributed by atoms with Crippen LogP contribution in [0.3, 0.4) is 0 Å². The van der Waals surface area contributed by atoms with Gasteiger partial charge in [0.2, 0.25) is 5.82 Å². The lowest BCUT2D eigenvalue weighted by atomic mass is 9.86. The SMILES string of the molecule is O=C(c1ncn[nH]1)N1[C@@H]2CC[C@H]1CC(c1nc3c(-c4ccc(-c5ccccc5)nc4)cnn3c3[nH]ccc13)C2. The third-order valence-electron chi connectivity index (χ3n) is 8.30. The summed E-state index contributed by atoms with van der Waals surface area (Å²) in [6.45, 7) is 0. The van der Waals surface area contributed by atoms with E-state index < -0.39 is 0 Å². The van der Waals surface area contributed by atoms with Crippen molar-refractivity contribution in [1.82, 2.24) is 44.6 Å². The van der Waals surface area contributed by atoms with E-state index in [1.165, 1.54) is 6.33 Å². The van der Waals surface area contributed by atoms with Crippen molar-refractivity contribution in [3.05, 3.63) is 85.0 Å². The Bertz CT molecular complexity index is 1790. The molecule has 39 heavy (non-hydrogen) atoms. The molecule has 1 amide bonds. The van der Waals surface area contributed by atoms with E-state index in [0.717, 1.165) is 70.4 Å². The number of hydrogen-bond donors (Lipinski definition) is 2. The van der Waals surface area contributed by atoms with Gasteiger partial charge in [0.15, 0.2) is 5.65 Å². The number of nitrogens with zero attached hydrogens (tertiary/aromatic N) is 7. The average molecular weight is 516 g/mol. The number of hydrogen-bond acceptors (Lipinski definition) is 6. The van der Waals surface area contributed by atoms with Crippen LogP contribution in [-0.2, 0) is 0 Å². The molecule has 1 unspecified atom stereocenters. The van der Waals surface area contributed by atoms with Crippen LogP contribution >= 0.6 is 0 Å². The molecule has 0 spiro atoms. The Kier molecular flexibility index (Phi) is 4.88. The van der Waals surface area contributed by atoms with E-state index in [-0.39, 0.29) is 23.9 Å². The molecule has 5 aromatic heterocycles. The fraction of sp³-hybridized carbons (Fsp3) is 0.241. The summed E-state index contributed by atoms with van der Waals surface area (Å²) in [5.74, 6) is 0.498. The van der Waals surface area contributed by atoms with Gasteiger partial charge in [-0.15, -0.1) is 0 Å². The van der Waals surface area contributed by atoms with Crippen molar-refractivity contribution in [2.75, 3.05) is 0 Å². The first kappa shape index (κ1) is 22.2. The minimum Gasteiger partial charge on any atom is -0.346 e. The minimum atomic E-state index is -0.0572. The predicted molar refractivity (Wildman–Crippen MR) is 145 cm³/mol. The molecule has 2 N–H and O–H groups in total. The quantitative estimate of drug-likeness (QED) is 0.354. The fourth-order valence-electron chi connectivity index (χ4n) is 6.54. The molecule has 8 rings (SSSR count). The maximum absolute atomic E-state index is 13.1. The van der Waals surface area contributed by atoms with E-state index in [1.54, 1.807) is 0 Å². The number of nitrogens with one attached hydrogen (secondary N) is 2. The number of piperidine rings is 1. The molecule has 0 radical (unpaired) electrons. The second kappa shape index (κ2) is 8.59. The molecule has 10 nitrogen and oxygen atoms in total. The Balaban J connectivity index is 1.16. The van der Waals surface area contributed by atoms with Crippen LogP contribution in [0.1, 0.15) is 47.9 Å². The van der Waals surface area contributed by atoms with E-state index in [0.29, 0.717) is 5.82 Å². The zero-order valence-corrected chi connectivity index (χ0v) is 21.0. The van der Waals surface area contributed by atoms with E-state index in [2.05, 4.69) is 44.4 Å². The number of fused-ring (bicyclic) bond motifs is 5. The van der Waals surface area contributed by atoms with Gasteiger partial charge in [0, 0.05) is 52.5 Å². The molecule has 1 aromatic carbocycles. The van der Waals surface area contributed by atoms with Gasteiger partial charge in [-0.2, -0.15) is 14.7 Å². The van der Waals surface area contributed by atoms with Gasteiger partial charge in [-0.25, -0.2) is 9.97 Å². The van der Waals surface area contributed by atoms with Crippen molar-refractivity contribution in [1.29, 1.82) is 0 Å². The lowest BCUT2D eigenvalue weighted by Crippen LogP contribution is -2.46. The highest BCUT2D eigenvalue weighted by molar-refractivity contribution is 5.91. The lowest BCUT2D eigenvalue weighted by molar-refractivity contribution is 0.0558. The zero-order chi connectivity index (χ0) is 25.9. The van der Waals surface area contributed by atoms with Gasteiger partial charge in [-0.3, -0.25) is 14.9 Å². The summed E-state index contributed by atoms with van der Waals surface area (Å²) >= 11 is 0. The topological polar surface area (TPSA) is 121 Å². The Morgan fingerprint density at radius 2 is 1.77 bits per heavy atom. The fourth-order valence-corrected chi connectivity index (χ4v) is 6.54. The molecule has 3 atom stereocenters. The molecule has 0 saturated carbocycles. The molecule has 2 saturated heterocycles. The van der Waals surface area contributed by atoms with E-state index in [4.69, 9.17) is 15.1 Å². The third kappa shape index (κ3) is 3.48. The Morgan fingerprint density at radius 1 is 0.923 bits per heavy atom. The molecule has 2 fully saturated rings. The Hall–Kier alpha value is -4.86. The van der Waals surface area contributed by atoms with Crippen LogP contribution < -0.4 is 0 Å². The molecule has 192 valence electrons. The molecule has 6 aromatic rings. The van der Waals surface area contributed by atoms with Crippen LogP contribution in [0.15, 0.2) is 73.4 Å². The number of carbonyl (C=O) groups excluding carboxylic acids is 1. The number of rotatable bonds is 4. The second-order valence-corrected chi connectivity index (χ2v) is 10.4. The highest BCUT2D eigenvalue weighted by Crippen LogP contribution is 2.45. The van der Waals surface area contributed by atoms with Crippen LogP contribution in [-0.4, -0.2) is 62.6 Å². The van der Waals surface area contributed by atoms with Crippen LogP contribution in [0.5, 0.6) is 0 Å². The molecule has 2 aliphatic heterocycles. The molecular weight excluding hydrogens is 490 g/mol. The summed E-state index contributed by atoms with van der Waals surface area (Å²) in [6.07, 6.45) is 10.8. The van der Waals surface area contributed by atoms with Crippen molar-refractivity contribution in [3.63, 3.8) is 0 Å². The molecule has 10 heteroatoms. The number of aromatic nitrogens is 8. The monoisotopic (exact) mass is 515 g/mol. The Morgan fingerprint density at radius 3 is 2.51 bits per heavy atom. The smallest absolute Gasteiger partial charge is 0.291 e. The zero-order valence-electron chi connectivity index (χ0n) is 21.0. The maximum Gasteiger partial charge on any atom is 0.291 e. The van der Waals surface area contributed by atoms with Crippen molar-refractivity contribution >= 4 is 22.6 Å². The number of H-pyrrole nitrogens is 2. The van der Waals surface area contributed by atoms with Crippen molar-refractivity contribution < 1.29 is 4.79 Å². The third-order valence-corrected chi connectivity index (χ3v) is 8.30. The van der Waals surface area contributed by atoms with Gasteiger partial charge in [0.1, 0.15) is 12.0 Å². The summed E-state index contributed by atoms with van der Waals surface area (Å²) in [6, 6.07) is 16.7. The van der Waals surface area contributed by atoms with Crippen molar-refractivity contribution in [2.24, 2.45) is 0 Å². The highest BCUT2D eigenvalue weighted by Gasteiger charge is 2.45. The first-order valence-electron chi connectivity index (χ1n) is 13.3. The summed E-state index contributed by atoms with van der Waals surface area (Å²) in [4.78, 5) is 32.6. The van der Waals surface area contributed by atoms with Crippen LogP contribution in [0.25, 0.3) is 39.1 Å². The summed E-state index contributed by atoms with van der Waals surface area (Å²) < 4.78 is 1.89. The summed E-state index contributed by atoms with van der Waals surface area (Å²) in [5, 5.41) is 12.4. The number of pyridine rings is 1. The molecule has 7 heterocycles. The number of amides is 1.